The molecule has 0 unspecified atom stereocenters. The highest BCUT2D eigenvalue weighted by Crippen LogP contribution is 2.49. The molecule has 0 aliphatic rings. The molecular formula is C62H45N5. The van der Waals surface area contributed by atoms with Crippen LogP contribution in [0.1, 0.15) is 52.7 Å². The molecule has 0 atom stereocenters. The van der Waals surface area contributed by atoms with Crippen molar-refractivity contribution in [1.82, 2.24) is 23.3 Å². The molecule has 318 valence electrons. The van der Waals surface area contributed by atoms with E-state index < -0.39 is 0 Å². The summed E-state index contributed by atoms with van der Waals surface area (Å²) < 4.78 is 7.30. The van der Waals surface area contributed by atoms with Crippen LogP contribution in [-0.2, 0) is 10.8 Å². The van der Waals surface area contributed by atoms with E-state index >= 15 is 0 Å². The van der Waals surface area contributed by atoms with Gasteiger partial charge in [0.2, 0.25) is 0 Å². The highest BCUT2D eigenvalue weighted by Gasteiger charge is 2.30. The molecule has 0 bridgehead atoms. The van der Waals surface area contributed by atoms with Crippen molar-refractivity contribution in [1.29, 1.82) is 0 Å². The minimum atomic E-state index is -0.100. The normalized spacial score (nSPS) is 13.2. The van der Waals surface area contributed by atoms with Crippen molar-refractivity contribution in [2.45, 2.75) is 52.4 Å². The molecule has 15 aromatic rings. The van der Waals surface area contributed by atoms with Gasteiger partial charge in [0, 0.05) is 54.3 Å². The van der Waals surface area contributed by atoms with E-state index in [1.807, 2.05) is 0 Å². The fraction of sp³-hybridized carbons (Fsp3) is 0.129. The summed E-state index contributed by atoms with van der Waals surface area (Å²) in [6, 6.07) is 61.1. The van der Waals surface area contributed by atoms with Gasteiger partial charge in [-0.25, -0.2) is 9.97 Å². The molecule has 5 nitrogen and oxygen atoms in total. The number of para-hydroxylation sites is 2. The number of benzene rings is 9. The Balaban J connectivity index is 1.13. The summed E-state index contributed by atoms with van der Waals surface area (Å²) in [5.74, 6) is 0. The molecule has 0 fully saturated rings. The molecule has 15 rings (SSSR count). The van der Waals surface area contributed by atoms with Crippen LogP contribution in [0.15, 0.2) is 164 Å². The quantitative estimate of drug-likeness (QED) is 0.174. The molecule has 0 amide bonds. The summed E-state index contributed by atoms with van der Waals surface area (Å²) >= 11 is 0. The largest absolute Gasteiger partial charge is 0.309 e. The molecule has 0 saturated carbocycles. The van der Waals surface area contributed by atoms with E-state index in [9.17, 15) is 0 Å². The molecular weight excluding hydrogens is 815 g/mol. The fourth-order valence-electron chi connectivity index (χ4n) is 11.9. The Morgan fingerprint density at radius 2 is 0.896 bits per heavy atom. The lowest BCUT2D eigenvalue weighted by molar-refractivity contribution is 0.591. The maximum atomic E-state index is 5.94. The van der Waals surface area contributed by atoms with Crippen LogP contribution >= 0.6 is 0 Å². The summed E-state index contributed by atoms with van der Waals surface area (Å²) in [5.41, 5.74) is 16.8. The van der Waals surface area contributed by atoms with Crippen molar-refractivity contribution in [2.24, 2.45) is 0 Å². The first-order valence-corrected chi connectivity index (χ1v) is 23.6. The highest BCUT2D eigenvalue weighted by molar-refractivity contribution is 6.34. The van der Waals surface area contributed by atoms with Crippen molar-refractivity contribution in [3.63, 3.8) is 0 Å². The van der Waals surface area contributed by atoms with Gasteiger partial charge >= 0.3 is 0 Å². The SMILES string of the molecule is CC(C)(C)c1ccc2c(c1)c1cc3ccccc3c3c4nc5c(nc4n2c13)c1c2ccccc2cc2c3cc(C(C)(C)C)cc(-c4ccc6c(c4)c4ccccc4n6-c4ccccc4)c3n5c21. The second kappa shape index (κ2) is 12.4. The Morgan fingerprint density at radius 3 is 1.58 bits per heavy atom. The van der Waals surface area contributed by atoms with Crippen molar-refractivity contribution in [2.75, 3.05) is 0 Å². The first-order valence-electron chi connectivity index (χ1n) is 23.6. The summed E-state index contributed by atoms with van der Waals surface area (Å²) in [4.78, 5) is 11.8. The molecule has 0 spiro atoms. The van der Waals surface area contributed by atoms with Crippen LogP contribution in [0.2, 0.25) is 0 Å². The van der Waals surface area contributed by atoms with Gasteiger partial charge < -0.3 is 4.57 Å². The molecule has 0 saturated heterocycles. The smallest absolute Gasteiger partial charge is 0.165 e. The summed E-state index contributed by atoms with van der Waals surface area (Å²) in [7, 11) is 0. The standard InChI is InChI=1S/C62H45N5/c1-61(2,3)37-25-27-51-45(31-37)46-29-34-16-10-12-20-40(34)52-54-59(66(51)57(46)52)63-55-53-41-21-13-11-17-35(41)30-47-48-33-38(62(4,5)6)32-43(56(48)67(58(47)53)60(55)64-54)36-24-26-50-44(28-36)42-22-14-15-23-49(42)65(50)39-18-8-7-9-19-39/h7-33H,1-6H3. The zero-order chi connectivity index (χ0) is 44.8. The third kappa shape index (κ3) is 4.78. The predicted molar refractivity (Wildman–Crippen MR) is 284 cm³/mol. The van der Waals surface area contributed by atoms with Crippen molar-refractivity contribution in [3.05, 3.63) is 175 Å². The molecule has 9 aromatic carbocycles. The molecule has 67 heavy (non-hydrogen) atoms. The van der Waals surface area contributed by atoms with Gasteiger partial charge in [-0.3, -0.25) is 8.80 Å². The van der Waals surface area contributed by atoms with Crippen LogP contribution in [0.5, 0.6) is 0 Å². The molecule has 6 aromatic heterocycles. The predicted octanol–water partition coefficient (Wildman–Crippen LogP) is 16.4. The number of aromatic nitrogens is 5. The lowest BCUT2D eigenvalue weighted by atomic mass is 9.84. The average Bonchev–Trinajstić information content (AvgIpc) is 4.12. The van der Waals surface area contributed by atoms with Crippen LogP contribution in [0, 0.1) is 0 Å². The number of hydrogen-bond donors (Lipinski definition) is 0. The minimum absolute atomic E-state index is 0.0141. The molecule has 0 radical (unpaired) electrons. The molecule has 6 heterocycles. The van der Waals surface area contributed by atoms with E-state index in [0.29, 0.717) is 0 Å². The third-order valence-corrected chi connectivity index (χ3v) is 15.1. The van der Waals surface area contributed by atoms with Crippen LogP contribution in [-0.4, -0.2) is 23.3 Å². The van der Waals surface area contributed by atoms with E-state index in [1.165, 1.54) is 109 Å². The lowest BCUT2D eigenvalue weighted by Gasteiger charge is -2.21. The van der Waals surface area contributed by atoms with Gasteiger partial charge in [0.1, 0.15) is 11.0 Å². The molecule has 5 heteroatoms. The first-order chi connectivity index (χ1) is 32.5. The van der Waals surface area contributed by atoms with Crippen LogP contribution < -0.4 is 0 Å². The van der Waals surface area contributed by atoms with E-state index in [1.54, 1.807) is 0 Å². The van der Waals surface area contributed by atoms with Crippen LogP contribution in [0.4, 0.5) is 0 Å². The van der Waals surface area contributed by atoms with E-state index in [2.05, 4.69) is 219 Å². The van der Waals surface area contributed by atoms with Crippen molar-refractivity contribution < 1.29 is 0 Å². The topological polar surface area (TPSA) is 39.5 Å². The van der Waals surface area contributed by atoms with E-state index in [4.69, 9.17) is 9.97 Å². The zero-order valence-electron chi connectivity index (χ0n) is 38.3. The van der Waals surface area contributed by atoms with Gasteiger partial charge in [-0.1, -0.05) is 139 Å². The summed E-state index contributed by atoms with van der Waals surface area (Å²) in [5, 5.41) is 14.6. The van der Waals surface area contributed by atoms with Crippen molar-refractivity contribution >= 4 is 120 Å². The first kappa shape index (κ1) is 37.2. The summed E-state index contributed by atoms with van der Waals surface area (Å²) in [6.45, 7) is 13.9. The molecule has 0 aliphatic heterocycles. The van der Waals surface area contributed by atoms with Gasteiger partial charge in [0.15, 0.2) is 11.3 Å². The highest BCUT2D eigenvalue weighted by atomic mass is 15.1. The summed E-state index contributed by atoms with van der Waals surface area (Å²) in [6.07, 6.45) is 0. The second-order valence-electron chi connectivity index (χ2n) is 21.0. The van der Waals surface area contributed by atoms with E-state index in [-0.39, 0.29) is 10.8 Å². The van der Waals surface area contributed by atoms with Gasteiger partial charge in [-0.15, -0.1) is 0 Å². The monoisotopic (exact) mass is 859 g/mol. The maximum absolute atomic E-state index is 5.94. The third-order valence-electron chi connectivity index (χ3n) is 15.1. The zero-order valence-corrected chi connectivity index (χ0v) is 38.3. The van der Waals surface area contributed by atoms with Crippen molar-refractivity contribution in [3.8, 4) is 16.8 Å². The second-order valence-corrected chi connectivity index (χ2v) is 21.0. The Labute approximate surface area is 385 Å². The Bertz CT molecular complexity index is 4620. The minimum Gasteiger partial charge on any atom is -0.309 e. The lowest BCUT2D eigenvalue weighted by Crippen LogP contribution is -2.11. The molecule has 0 aliphatic carbocycles. The fourth-order valence-corrected chi connectivity index (χ4v) is 11.9. The van der Waals surface area contributed by atoms with Gasteiger partial charge in [0.25, 0.3) is 0 Å². The van der Waals surface area contributed by atoms with Gasteiger partial charge in [-0.2, -0.15) is 0 Å². The Morgan fingerprint density at radius 1 is 0.373 bits per heavy atom. The number of nitrogens with zero attached hydrogens (tertiary/aromatic N) is 5. The average molecular weight is 860 g/mol. The number of hydrogen-bond acceptors (Lipinski definition) is 2. The van der Waals surface area contributed by atoms with Gasteiger partial charge in [0.05, 0.1) is 33.1 Å². The Kier molecular flexibility index (Phi) is 6.92. The van der Waals surface area contributed by atoms with E-state index in [0.717, 1.165) is 38.8 Å². The maximum Gasteiger partial charge on any atom is 0.165 e. The van der Waals surface area contributed by atoms with Crippen LogP contribution in [0.3, 0.4) is 0 Å². The number of fused-ring (bicyclic) bond motifs is 19. The van der Waals surface area contributed by atoms with Gasteiger partial charge in [-0.05, 0) is 116 Å². The molecule has 0 N–H and O–H groups in total. The van der Waals surface area contributed by atoms with Crippen LogP contribution in [0.25, 0.3) is 137 Å². The Hall–Kier alpha value is -8.02. The number of rotatable bonds is 2.